The number of carbonyl (C=O) groups is 3. The molecular formula is C16H30N2O5. The van der Waals surface area contributed by atoms with Gasteiger partial charge in [-0.25, -0.2) is 0 Å². The molecule has 0 aromatic heterocycles. The maximum Gasteiger partial charge on any atom is 0.236 e. The van der Waals surface area contributed by atoms with Crippen LogP contribution in [0.1, 0.15) is 26.7 Å². The average molecular weight is 330 g/mol. The van der Waals surface area contributed by atoms with Crippen molar-refractivity contribution < 1.29 is 23.9 Å². The zero-order chi connectivity index (χ0) is 17.8. The van der Waals surface area contributed by atoms with Crippen LogP contribution >= 0.6 is 0 Å². The van der Waals surface area contributed by atoms with Gasteiger partial charge in [0.1, 0.15) is 11.6 Å². The lowest BCUT2D eigenvalue weighted by atomic mass is 10.2. The zero-order valence-corrected chi connectivity index (χ0v) is 15.0. The number of ketones is 2. The Kier molecular flexibility index (Phi) is 11.5. The predicted molar refractivity (Wildman–Crippen MR) is 87.3 cm³/mol. The summed E-state index contributed by atoms with van der Waals surface area (Å²) in [6.07, 6.45) is 0.709. The van der Waals surface area contributed by atoms with Crippen LogP contribution in [0, 0.1) is 0 Å². The summed E-state index contributed by atoms with van der Waals surface area (Å²) in [7, 11) is 5.36. The SMILES string of the molecule is CC(=O)CCOCC(COCCC(C)=O)N(C)C(=O)CN(C)C. The molecule has 0 saturated heterocycles. The Morgan fingerprint density at radius 3 is 1.65 bits per heavy atom. The van der Waals surface area contributed by atoms with Crippen LogP contribution in [0.5, 0.6) is 0 Å². The molecule has 23 heavy (non-hydrogen) atoms. The molecule has 0 rings (SSSR count). The summed E-state index contributed by atoms with van der Waals surface area (Å²) in [4.78, 5) is 37.4. The summed E-state index contributed by atoms with van der Waals surface area (Å²) >= 11 is 0. The van der Waals surface area contributed by atoms with Crippen LogP contribution in [0.15, 0.2) is 0 Å². The number of amides is 1. The Morgan fingerprint density at radius 1 is 0.870 bits per heavy atom. The molecule has 0 spiro atoms. The van der Waals surface area contributed by atoms with Gasteiger partial charge in [-0.05, 0) is 27.9 Å². The lowest BCUT2D eigenvalue weighted by molar-refractivity contribution is -0.136. The fourth-order valence-corrected chi connectivity index (χ4v) is 1.73. The monoisotopic (exact) mass is 330 g/mol. The number of nitrogens with zero attached hydrogens (tertiary/aromatic N) is 2. The molecule has 0 aliphatic carbocycles. The van der Waals surface area contributed by atoms with E-state index < -0.39 is 0 Å². The van der Waals surface area contributed by atoms with Crippen LogP contribution in [-0.2, 0) is 23.9 Å². The maximum absolute atomic E-state index is 12.1. The van der Waals surface area contributed by atoms with Crippen LogP contribution in [-0.4, -0.2) is 87.4 Å². The van der Waals surface area contributed by atoms with Crippen molar-refractivity contribution >= 4 is 17.5 Å². The average Bonchev–Trinajstić information content (AvgIpc) is 2.43. The summed E-state index contributed by atoms with van der Waals surface area (Å²) in [5.74, 6) is 0.0953. The number of hydrogen-bond donors (Lipinski definition) is 0. The first-order valence-electron chi connectivity index (χ1n) is 7.78. The smallest absolute Gasteiger partial charge is 0.236 e. The van der Waals surface area contributed by atoms with Gasteiger partial charge < -0.3 is 19.3 Å². The molecule has 0 heterocycles. The van der Waals surface area contributed by atoms with Gasteiger partial charge in [0.2, 0.25) is 5.91 Å². The minimum atomic E-state index is -0.249. The summed E-state index contributed by atoms with van der Waals surface area (Å²) in [6, 6.07) is -0.249. The van der Waals surface area contributed by atoms with Crippen LogP contribution in [0.3, 0.4) is 0 Å². The van der Waals surface area contributed by atoms with E-state index in [1.807, 2.05) is 14.1 Å². The third kappa shape index (κ3) is 11.9. The molecule has 0 atom stereocenters. The molecule has 0 bridgehead atoms. The van der Waals surface area contributed by atoms with E-state index in [1.54, 1.807) is 16.8 Å². The number of rotatable bonds is 13. The van der Waals surface area contributed by atoms with Gasteiger partial charge in [0, 0.05) is 19.9 Å². The molecule has 0 radical (unpaired) electrons. The van der Waals surface area contributed by atoms with Gasteiger partial charge in [0.05, 0.1) is 39.0 Å². The lowest BCUT2D eigenvalue weighted by Crippen LogP contribution is -2.46. The highest BCUT2D eigenvalue weighted by Gasteiger charge is 2.21. The van der Waals surface area contributed by atoms with Gasteiger partial charge in [0.15, 0.2) is 0 Å². The molecular weight excluding hydrogens is 300 g/mol. The van der Waals surface area contributed by atoms with E-state index in [-0.39, 0.29) is 23.5 Å². The van der Waals surface area contributed by atoms with Crippen LogP contribution in [0.2, 0.25) is 0 Å². The van der Waals surface area contributed by atoms with Gasteiger partial charge in [-0.2, -0.15) is 0 Å². The van der Waals surface area contributed by atoms with Gasteiger partial charge in [-0.3, -0.25) is 14.4 Å². The molecule has 0 aliphatic heterocycles. The fourth-order valence-electron chi connectivity index (χ4n) is 1.73. The lowest BCUT2D eigenvalue weighted by Gasteiger charge is -2.29. The predicted octanol–water partition coefficient (Wildman–Crippen LogP) is 0.366. The third-order valence-corrected chi connectivity index (χ3v) is 3.21. The fraction of sp³-hybridized carbons (Fsp3) is 0.812. The normalized spacial score (nSPS) is 11.1. The topological polar surface area (TPSA) is 76.1 Å². The van der Waals surface area contributed by atoms with Crippen molar-refractivity contribution in [1.82, 2.24) is 9.80 Å². The highest BCUT2D eigenvalue weighted by Crippen LogP contribution is 2.02. The van der Waals surface area contributed by atoms with Crippen molar-refractivity contribution in [2.24, 2.45) is 0 Å². The van der Waals surface area contributed by atoms with Crippen molar-refractivity contribution in [1.29, 1.82) is 0 Å². The molecule has 7 heteroatoms. The van der Waals surface area contributed by atoms with E-state index in [9.17, 15) is 14.4 Å². The molecule has 0 saturated carbocycles. The molecule has 1 amide bonds. The summed E-state index contributed by atoms with van der Waals surface area (Å²) in [6.45, 7) is 4.57. The van der Waals surface area contributed by atoms with Crippen molar-refractivity contribution in [3.05, 3.63) is 0 Å². The van der Waals surface area contributed by atoms with E-state index >= 15 is 0 Å². The highest BCUT2D eigenvalue weighted by atomic mass is 16.5. The zero-order valence-electron chi connectivity index (χ0n) is 15.0. The van der Waals surface area contributed by atoms with E-state index in [0.717, 1.165) is 0 Å². The molecule has 0 aliphatic rings. The quantitative estimate of drug-likeness (QED) is 0.454. The number of likely N-dealkylation sites (N-methyl/N-ethyl adjacent to an activating group) is 2. The molecule has 7 nitrogen and oxygen atoms in total. The van der Waals surface area contributed by atoms with Crippen molar-refractivity contribution in [3.8, 4) is 0 Å². The van der Waals surface area contributed by atoms with Gasteiger partial charge in [-0.1, -0.05) is 0 Å². The Bertz CT molecular complexity index is 363. The number of hydrogen-bond acceptors (Lipinski definition) is 6. The van der Waals surface area contributed by atoms with Gasteiger partial charge >= 0.3 is 0 Å². The number of carbonyl (C=O) groups excluding carboxylic acids is 3. The second kappa shape index (κ2) is 12.2. The minimum Gasteiger partial charge on any atom is -0.379 e. The van der Waals surface area contributed by atoms with Gasteiger partial charge in [-0.15, -0.1) is 0 Å². The highest BCUT2D eigenvalue weighted by molar-refractivity contribution is 5.78. The van der Waals surface area contributed by atoms with E-state index in [1.165, 1.54) is 13.8 Å². The Morgan fingerprint density at radius 2 is 1.30 bits per heavy atom. The summed E-state index contributed by atoms with van der Waals surface area (Å²) < 4.78 is 11.0. The van der Waals surface area contributed by atoms with Crippen molar-refractivity contribution in [2.75, 3.05) is 54.1 Å². The van der Waals surface area contributed by atoms with Crippen LogP contribution in [0.4, 0.5) is 0 Å². The van der Waals surface area contributed by atoms with Crippen LogP contribution < -0.4 is 0 Å². The first-order valence-corrected chi connectivity index (χ1v) is 7.78. The second-order valence-corrected chi connectivity index (χ2v) is 5.95. The van der Waals surface area contributed by atoms with Gasteiger partial charge in [0.25, 0.3) is 0 Å². The maximum atomic E-state index is 12.1. The molecule has 0 fully saturated rings. The Labute approximate surface area is 138 Å². The first-order chi connectivity index (χ1) is 10.7. The van der Waals surface area contributed by atoms with E-state index in [4.69, 9.17) is 9.47 Å². The first kappa shape index (κ1) is 21.7. The summed E-state index contributed by atoms with van der Waals surface area (Å²) in [5, 5.41) is 0. The minimum absolute atomic E-state index is 0.0367. The number of ether oxygens (including phenoxy) is 2. The molecule has 0 aromatic carbocycles. The number of Topliss-reactive ketones (excluding diaryl/α,β-unsaturated/α-hetero) is 2. The molecule has 0 unspecified atom stereocenters. The van der Waals surface area contributed by atoms with E-state index in [0.29, 0.717) is 45.8 Å². The Balaban J connectivity index is 4.42. The standard InChI is InChI=1S/C16H30N2O5/c1-13(19)6-8-22-11-15(12-23-9-7-14(2)20)18(5)16(21)10-17(3)4/h15H,6-12H2,1-5H3. The largest absolute Gasteiger partial charge is 0.379 e. The second-order valence-electron chi connectivity index (χ2n) is 5.95. The van der Waals surface area contributed by atoms with Crippen molar-refractivity contribution in [2.45, 2.75) is 32.7 Å². The summed E-state index contributed by atoms with van der Waals surface area (Å²) in [5.41, 5.74) is 0. The van der Waals surface area contributed by atoms with Crippen molar-refractivity contribution in [3.63, 3.8) is 0 Å². The van der Waals surface area contributed by atoms with E-state index in [2.05, 4.69) is 0 Å². The molecule has 0 aromatic rings. The molecule has 0 N–H and O–H groups in total. The third-order valence-electron chi connectivity index (χ3n) is 3.21. The molecule has 134 valence electrons. The Hall–Kier alpha value is -1.31. The van der Waals surface area contributed by atoms with Crippen LogP contribution in [0.25, 0.3) is 0 Å².